The number of halogens is 6. The van der Waals surface area contributed by atoms with Gasteiger partial charge in [0.15, 0.2) is 0 Å². The maximum absolute atomic E-state index is 14.5. The minimum Gasteiger partial charge on any atom is -0.406 e. The maximum atomic E-state index is 14.5. The molecule has 0 aromatic heterocycles. The van der Waals surface area contributed by atoms with Crippen molar-refractivity contribution >= 4 is 24.8 Å². The summed E-state index contributed by atoms with van der Waals surface area (Å²) in [5, 5.41) is 3.26. The Bertz CT molecular complexity index is 562. The molecule has 2 aliphatic rings. The van der Waals surface area contributed by atoms with Crippen LogP contribution in [-0.2, 0) is 0 Å². The number of benzene rings is 1. The summed E-state index contributed by atoms with van der Waals surface area (Å²) in [5.74, 6) is -0.532. The van der Waals surface area contributed by atoms with Crippen LogP contribution in [0.3, 0.4) is 0 Å². The van der Waals surface area contributed by atoms with E-state index in [1.807, 2.05) is 0 Å². The molecule has 1 aromatic carbocycles. The molecular formula is C17H24Cl2F4N2O. The van der Waals surface area contributed by atoms with Gasteiger partial charge in [-0.1, -0.05) is 12.8 Å². The van der Waals surface area contributed by atoms with Gasteiger partial charge in [-0.15, -0.1) is 38.0 Å². The number of ether oxygens (including phenoxy) is 1. The van der Waals surface area contributed by atoms with Crippen LogP contribution >= 0.6 is 24.8 Å². The summed E-state index contributed by atoms with van der Waals surface area (Å²) in [6.07, 6.45) is -0.620. The first-order chi connectivity index (χ1) is 11.4. The van der Waals surface area contributed by atoms with Crippen molar-refractivity contribution in [2.45, 2.75) is 38.1 Å². The molecule has 1 saturated heterocycles. The largest absolute Gasteiger partial charge is 0.573 e. The van der Waals surface area contributed by atoms with E-state index < -0.39 is 12.2 Å². The van der Waals surface area contributed by atoms with E-state index in [0.717, 1.165) is 64.0 Å². The second-order valence-electron chi connectivity index (χ2n) is 6.51. The number of hydrogen-bond acceptors (Lipinski definition) is 3. The lowest BCUT2D eigenvalue weighted by Gasteiger charge is -2.38. The molecule has 26 heavy (non-hydrogen) atoms. The van der Waals surface area contributed by atoms with Crippen molar-refractivity contribution in [3.05, 3.63) is 29.6 Å². The molecule has 1 saturated carbocycles. The Labute approximate surface area is 163 Å². The van der Waals surface area contributed by atoms with Crippen LogP contribution in [0.4, 0.5) is 17.6 Å². The van der Waals surface area contributed by atoms with E-state index in [-0.39, 0.29) is 42.5 Å². The Hall–Kier alpha value is -0.760. The monoisotopic (exact) mass is 418 g/mol. The fourth-order valence-electron chi connectivity index (χ4n) is 3.93. The van der Waals surface area contributed by atoms with Gasteiger partial charge in [-0.25, -0.2) is 4.39 Å². The lowest BCUT2D eigenvalue weighted by molar-refractivity contribution is -0.274. The number of nitrogens with one attached hydrogen (secondary N) is 1. The van der Waals surface area contributed by atoms with E-state index in [1.54, 1.807) is 0 Å². The zero-order chi connectivity index (χ0) is 17.2. The molecule has 2 fully saturated rings. The van der Waals surface area contributed by atoms with Gasteiger partial charge in [0.1, 0.15) is 11.6 Å². The quantitative estimate of drug-likeness (QED) is 0.716. The average molecular weight is 419 g/mol. The standard InChI is InChI=1S/C17H22F4N2O.2ClH/c18-15-6-5-13(24-17(19,20)21)11-14(15)16(12-3-1-2-4-12)23-9-7-22-8-10-23;;/h5-6,11-12,16,22H,1-4,7-10H2;2*1H/t16-;;/m1../s1. The summed E-state index contributed by atoms with van der Waals surface area (Å²) in [4.78, 5) is 2.20. The summed E-state index contributed by atoms with van der Waals surface area (Å²) >= 11 is 0. The molecule has 1 aliphatic carbocycles. The van der Waals surface area contributed by atoms with E-state index >= 15 is 0 Å². The Morgan fingerprint density at radius 1 is 1.08 bits per heavy atom. The highest BCUT2D eigenvalue weighted by Gasteiger charge is 2.35. The van der Waals surface area contributed by atoms with Crippen LogP contribution in [0.5, 0.6) is 5.75 Å². The minimum absolute atomic E-state index is 0. The van der Waals surface area contributed by atoms with E-state index in [9.17, 15) is 17.6 Å². The molecule has 3 nitrogen and oxygen atoms in total. The Kier molecular flexibility index (Phi) is 8.93. The number of rotatable bonds is 4. The van der Waals surface area contributed by atoms with Crippen LogP contribution in [0.1, 0.15) is 37.3 Å². The zero-order valence-electron chi connectivity index (χ0n) is 14.2. The number of piperazine rings is 1. The minimum atomic E-state index is -4.77. The topological polar surface area (TPSA) is 24.5 Å². The van der Waals surface area contributed by atoms with Gasteiger partial charge in [0.2, 0.25) is 0 Å². The van der Waals surface area contributed by atoms with Gasteiger partial charge >= 0.3 is 6.36 Å². The van der Waals surface area contributed by atoms with Crippen LogP contribution in [0, 0.1) is 11.7 Å². The van der Waals surface area contributed by atoms with Gasteiger partial charge < -0.3 is 10.1 Å². The molecule has 9 heteroatoms. The SMILES string of the molecule is Cl.Cl.Fc1ccc(OC(F)(F)F)cc1[C@@H](C1CCCC1)N1CCNCC1. The molecule has 0 unspecified atom stereocenters. The van der Waals surface area contributed by atoms with E-state index in [1.165, 1.54) is 6.07 Å². The smallest absolute Gasteiger partial charge is 0.406 e. The molecule has 1 aromatic rings. The average Bonchev–Trinajstić information content (AvgIpc) is 3.04. The molecular weight excluding hydrogens is 395 g/mol. The van der Waals surface area contributed by atoms with Crippen LogP contribution in [0.15, 0.2) is 18.2 Å². The lowest BCUT2D eigenvalue weighted by atomic mass is 9.89. The molecule has 3 rings (SSSR count). The first-order valence-corrected chi connectivity index (χ1v) is 8.44. The van der Waals surface area contributed by atoms with Gasteiger partial charge in [-0.05, 0) is 37.0 Å². The van der Waals surface area contributed by atoms with Crippen molar-refractivity contribution in [1.82, 2.24) is 10.2 Å². The third-order valence-electron chi connectivity index (χ3n) is 4.91. The second kappa shape index (κ2) is 9.97. The summed E-state index contributed by atoms with van der Waals surface area (Å²) in [7, 11) is 0. The van der Waals surface area contributed by atoms with Gasteiger partial charge in [-0.2, -0.15) is 0 Å². The predicted molar refractivity (Wildman–Crippen MR) is 96.7 cm³/mol. The Morgan fingerprint density at radius 2 is 1.69 bits per heavy atom. The highest BCUT2D eigenvalue weighted by molar-refractivity contribution is 5.85. The van der Waals surface area contributed by atoms with E-state index in [2.05, 4.69) is 15.0 Å². The zero-order valence-corrected chi connectivity index (χ0v) is 15.9. The first-order valence-electron chi connectivity index (χ1n) is 8.44. The van der Waals surface area contributed by atoms with Gasteiger partial charge in [0.05, 0.1) is 0 Å². The fraction of sp³-hybridized carbons (Fsp3) is 0.647. The molecule has 150 valence electrons. The summed E-state index contributed by atoms with van der Waals surface area (Å²) < 4.78 is 56.0. The molecule has 0 amide bonds. The third-order valence-corrected chi connectivity index (χ3v) is 4.91. The third kappa shape index (κ3) is 5.87. The summed E-state index contributed by atoms with van der Waals surface area (Å²) in [6, 6.07) is 3.16. The highest BCUT2D eigenvalue weighted by atomic mass is 35.5. The van der Waals surface area contributed by atoms with Crippen molar-refractivity contribution in [2.24, 2.45) is 5.92 Å². The fourth-order valence-corrected chi connectivity index (χ4v) is 3.93. The van der Waals surface area contributed by atoms with Crippen molar-refractivity contribution < 1.29 is 22.3 Å². The lowest BCUT2D eigenvalue weighted by Crippen LogP contribution is -2.46. The molecule has 1 N–H and O–H groups in total. The molecule has 0 spiro atoms. The molecule has 1 aliphatic heterocycles. The van der Waals surface area contributed by atoms with Crippen molar-refractivity contribution in [3.8, 4) is 5.75 Å². The molecule has 0 bridgehead atoms. The van der Waals surface area contributed by atoms with Crippen LogP contribution in [-0.4, -0.2) is 37.4 Å². The highest BCUT2D eigenvalue weighted by Crippen LogP contribution is 2.41. The maximum Gasteiger partial charge on any atom is 0.573 e. The molecule has 1 heterocycles. The van der Waals surface area contributed by atoms with Crippen LogP contribution < -0.4 is 10.1 Å². The Balaban J connectivity index is 0.00000169. The molecule has 1 atom stereocenters. The Morgan fingerprint density at radius 3 is 2.27 bits per heavy atom. The van der Waals surface area contributed by atoms with Gasteiger partial charge in [-0.3, -0.25) is 4.90 Å². The second-order valence-corrected chi connectivity index (χ2v) is 6.51. The number of hydrogen-bond donors (Lipinski definition) is 1. The van der Waals surface area contributed by atoms with Crippen molar-refractivity contribution in [2.75, 3.05) is 26.2 Å². The van der Waals surface area contributed by atoms with Gasteiger partial charge in [0, 0.05) is 37.8 Å². The van der Waals surface area contributed by atoms with E-state index in [4.69, 9.17) is 0 Å². The first kappa shape index (κ1) is 23.3. The molecule has 0 radical (unpaired) electrons. The predicted octanol–water partition coefficient (Wildman–Crippen LogP) is 4.70. The van der Waals surface area contributed by atoms with E-state index in [0.29, 0.717) is 5.56 Å². The van der Waals surface area contributed by atoms with Gasteiger partial charge in [0.25, 0.3) is 0 Å². The normalized spacial score (nSPS) is 20.2. The number of alkyl halides is 3. The summed E-state index contributed by atoms with van der Waals surface area (Å²) in [6.45, 7) is 3.16. The van der Waals surface area contributed by atoms with Crippen LogP contribution in [0.25, 0.3) is 0 Å². The number of nitrogens with zero attached hydrogens (tertiary/aromatic N) is 1. The van der Waals surface area contributed by atoms with Crippen LogP contribution in [0.2, 0.25) is 0 Å². The van der Waals surface area contributed by atoms with Crippen molar-refractivity contribution in [3.63, 3.8) is 0 Å². The summed E-state index contributed by atoms with van der Waals surface area (Å²) in [5.41, 5.74) is 0.325. The van der Waals surface area contributed by atoms with Crippen molar-refractivity contribution in [1.29, 1.82) is 0 Å².